The van der Waals surface area contributed by atoms with Gasteiger partial charge < -0.3 is 10.1 Å². The molecule has 1 heterocycles. The fourth-order valence-electron chi connectivity index (χ4n) is 2.54. The van der Waals surface area contributed by atoms with Crippen LogP contribution in [0.4, 0.5) is 11.6 Å². The van der Waals surface area contributed by atoms with Gasteiger partial charge in [-0.15, -0.1) is 0 Å². The number of methoxy groups -OCH3 is 1. The van der Waals surface area contributed by atoms with Crippen LogP contribution >= 0.6 is 34.8 Å². The summed E-state index contributed by atoms with van der Waals surface area (Å²) in [6, 6.07) is 10.7. The SMILES string of the molecule is COc1cnc(Nc2cccc(Cl)c2C)n(Cc2ccc(Cl)c(Cl)c2)c1=O. The first kappa shape index (κ1) is 19.5. The van der Waals surface area contributed by atoms with E-state index in [1.54, 1.807) is 24.3 Å². The zero-order valence-corrected chi connectivity index (χ0v) is 16.9. The summed E-state index contributed by atoms with van der Waals surface area (Å²) < 4.78 is 6.59. The maximum absolute atomic E-state index is 12.8. The Morgan fingerprint density at radius 3 is 2.59 bits per heavy atom. The summed E-state index contributed by atoms with van der Waals surface area (Å²) in [6.07, 6.45) is 1.38. The third-order valence-electron chi connectivity index (χ3n) is 4.07. The summed E-state index contributed by atoms with van der Waals surface area (Å²) in [4.78, 5) is 17.1. The van der Waals surface area contributed by atoms with E-state index in [9.17, 15) is 4.79 Å². The van der Waals surface area contributed by atoms with Crippen molar-refractivity contribution >= 4 is 46.4 Å². The van der Waals surface area contributed by atoms with Crippen molar-refractivity contribution in [3.05, 3.63) is 79.1 Å². The maximum Gasteiger partial charge on any atom is 0.297 e. The third-order valence-corrected chi connectivity index (χ3v) is 5.22. The van der Waals surface area contributed by atoms with E-state index in [2.05, 4.69) is 10.3 Å². The van der Waals surface area contributed by atoms with E-state index in [-0.39, 0.29) is 17.9 Å². The molecule has 0 bridgehead atoms. The van der Waals surface area contributed by atoms with Gasteiger partial charge in [-0.25, -0.2) is 4.98 Å². The Bertz CT molecular complexity index is 1050. The minimum absolute atomic E-state index is 0.142. The molecule has 0 spiro atoms. The Kier molecular flexibility index (Phi) is 5.95. The molecule has 0 saturated carbocycles. The molecule has 2 aromatic carbocycles. The van der Waals surface area contributed by atoms with Crippen LogP contribution in [0.1, 0.15) is 11.1 Å². The number of halogens is 3. The van der Waals surface area contributed by atoms with Crippen LogP contribution in [0.5, 0.6) is 5.75 Å². The molecule has 0 amide bonds. The first-order valence-corrected chi connectivity index (χ1v) is 9.14. The number of nitrogens with zero attached hydrogens (tertiary/aromatic N) is 2. The van der Waals surface area contributed by atoms with Crippen LogP contribution in [0.25, 0.3) is 0 Å². The van der Waals surface area contributed by atoms with E-state index in [0.29, 0.717) is 21.0 Å². The van der Waals surface area contributed by atoms with Gasteiger partial charge in [-0.05, 0) is 42.3 Å². The lowest BCUT2D eigenvalue weighted by atomic mass is 10.2. The fraction of sp³-hybridized carbons (Fsp3) is 0.158. The lowest BCUT2D eigenvalue weighted by Crippen LogP contribution is -2.25. The molecule has 0 saturated heterocycles. The second-order valence-electron chi connectivity index (χ2n) is 5.83. The molecule has 1 N–H and O–H groups in total. The first-order valence-electron chi connectivity index (χ1n) is 8.00. The highest BCUT2D eigenvalue weighted by molar-refractivity contribution is 6.42. The number of anilines is 2. The van der Waals surface area contributed by atoms with Crippen LogP contribution in [0.2, 0.25) is 15.1 Å². The number of rotatable bonds is 5. The van der Waals surface area contributed by atoms with Gasteiger partial charge in [0.05, 0.1) is 29.9 Å². The van der Waals surface area contributed by atoms with Crippen LogP contribution in [-0.2, 0) is 6.54 Å². The molecular formula is C19H16Cl3N3O2. The molecule has 1 aromatic heterocycles. The average molecular weight is 425 g/mol. The molecule has 5 nitrogen and oxygen atoms in total. The Labute approximate surface area is 171 Å². The van der Waals surface area contributed by atoms with Gasteiger partial charge in [0, 0.05) is 10.7 Å². The first-order chi connectivity index (χ1) is 12.9. The van der Waals surface area contributed by atoms with Crippen LogP contribution in [-0.4, -0.2) is 16.7 Å². The molecule has 0 aliphatic carbocycles. The van der Waals surface area contributed by atoms with Crippen LogP contribution < -0.4 is 15.6 Å². The number of ether oxygens (including phenoxy) is 1. The highest BCUT2D eigenvalue weighted by Crippen LogP contribution is 2.26. The number of aromatic nitrogens is 2. The molecule has 0 fully saturated rings. The van der Waals surface area contributed by atoms with Crippen molar-refractivity contribution in [1.29, 1.82) is 0 Å². The molecular weight excluding hydrogens is 409 g/mol. The molecule has 3 aromatic rings. The highest BCUT2D eigenvalue weighted by Gasteiger charge is 2.14. The van der Waals surface area contributed by atoms with Crippen LogP contribution in [0.15, 0.2) is 47.4 Å². The van der Waals surface area contributed by atoms with Gasteiger partial charge in [0.1, 0.15) is 0 Å². The number of hydrogen-bond acceptors (Lipinski definition) is 4. The lowest BCUT2D eigenvalue weighted by Gasteiger charge is -2.16. The zero-order valence-electron chi connectivity index (χ0n) is 14.6. The Morgan fingerprint density at radius 2 is 1.89 bits per heavy atom. The molecule has 0 aliphatic rings. The highest BCUT2D eigenvalue weighted by atomic mass is 35.5. The predicted octanol–water partition coefficient (Wildman–Crippen LogP) is 5.31. The minimum atomic E-state index is -0.319. The third kappa shape index (κ3) is 4.21. The van der Waals surface area contributed by atoms with Gasteiger partial charge in [-0.1, -0.05) is 46.9 Å². The Morgan fingerprint density at radius 1 is 1.11 bits per heavy atom. The molecule has 140 valence electrons. The van der Waals surface area contributed by atoms with Gasteiger partial charge in [-0.2, -0.15) is 0 Å². The molecule has 3 rings (SSSR count). The van der Waals surface area contributed by atoms with Gasteiger partial charge in [0.2, 0.25) is 11.7 Å². The monoisotopic (exact) mass is 423 g/mol. The minimum Gasteiger partial charge on any atom is -0.490 e. The molecule has 0 radical (unpaired) electrons. The van der Waals surface area contributed by atoms with Gasteiger partial charge in [-0.3, -0.25) is 9.36 Å². The fourth-order valence-corrected chi connectivity index (χ4v) is 3.04. The molecule has 0 atom stereocenters. The summed E-state index contributed by atoms with van der Waals surface area (Å²) in [5, 5.41) is 4.65. The van der Waals surface area contributed by atoms with Gasteiger partial charge in [0.15, 0.2) is 0 Å². The Balaban J connectivity index is 2.06. The second-order valence-corrected chi connectivity index (χ2v) is 7.05. The second kappa shape index (κ2) is 8.21. The van der Waals surface area contributed by atoms with E-state index in [1.807, 2.05) is 19.1 Å². The summed E-state index contributed by atoms with van der Waals surface area (Å²) in [6.45, 7) is 2.12. The van der Waals surface area contributed by atoms with Crippen LogP contribution in [0.3, 0.4) is 0 Å². The largest absolute Gasteiger partial charge is 0.490 e. The van der Waals surface area contributed by atoms with Crippen molar-refractivity contribution in [1.82, 2.24) is 9.55 Å². The summed E-state index contributed by atoms with van der Waals surface area (Å²) in [5.74, 6) is 0.501. The van der Waals surface area contributed by atoms with Crippen molar-refractivity contribution in [3.63, 3.8) is 0 Å². The van der Waals surface area contributed by atoms with E-state index < -0.39 is 0 Å². The van der Waals surface area contributed by atoms with Crippen molar-refractivity contribution in [2.24, 2.45) is 0 Å². The van der Waals surface area contributed by atoms with Crippen molar-refractivity contribution in [2.75, 3.05) is 12.4 Å². The summed E-state index contributed by atoms with van der Waals surface area (Å²) in [5.41, 5.74) is 2.08. The summed E-state index contributed by atoms with van der Waals surface area (Å²) in [7, 11) is 1.43. The predicted molar refractivity (Wildman–Crippen MR) is 110 cm³/mol. The van der Waals surface area contributed by atoms with Gasteiger partial charge >= 0.3 is 0 Å². The molecule has 0 unspecified atom stereocenters. The van der Waals surface area contributed by atoms with Crippen molar-refractivity contribution < 1.29 is 4.74 Å². The van der Waals surface area contributed by atoms with Crippen molar-refractivity contribution in [2.45, 2.75) is 13.5 Å². The standard InChI is InChI=1S/C19H16Cl3N3O2/c1-11-13(20)4-3-5-16(11)24-19-23-9-17(27-2)18(26)25(19)10-12-6-7-14(21)15(22)8-12/h3-9H,10H2,1-2H3,(H,23,24). The number of hydrogen-bond donors (Lipinski definition) is 1. The lowest BCUT2D eigenvalue weighted by molar-refractivity contribution is 0.401. The maximum atomic E-state index is 12.8. The van der Waals surface area contributed by atoms with Crippen LogP contribution in [0, 0.1) is 6.92 Å². The number of nitrogens with one attached hydrogen (secondary N) is 1. The van der Waals surface area contributed by atoms with E-state index in [0.717, 1.165) is 16.8 Å². The van der Waals surface area contributed by atoms with E-state index in [1.165, 1.54) is 17.9 Å². The summed E-state index contributed by atoms with van der Waals surface area (Å²) >= 11 is 18.3. The smallest absolute Gasteiger partial charge is 0.297 e. The Hall–Kier alpha value is -2.21. The van der Waals surface area contributed by atoms with E-state index >= 15 is 0 Å². The number of benzene rings is 2. The molecule has 8 heteroatoms. The van der Waals surface area contributed by atoms with E-state index in [4.69, 9.17) is 39.5 Å². The zero-order chi connectivity index (χ0) is 19.6. The van der Waals surface area contributed by atoms with Gasteiger partial charge in [0.25, 0.3) is 5.56 Å². The van der Waals surface area contributed by atoms with Crippen molar-refractivity contribution in [3.8, 4) is 5.75 Å². The molecule has 27 heavy (non-hydrogen) atoms. The topological polar surface area (TPSA) is 56.1 Å². The molecule has 0 aliphatic heterocycles. The average Bonchev–Trinajstić information content (AvgIpc) is 2.65. The quantitative estimate of drug-likeness (QED) is 0.603. The normalized spacial score (nSPS) is 10.7.